The van der Waals surface area contributed by atoms with Crippen molar-refractivity contribution >= 4 is 29.2 Å². The zero-order chi connectivity index (χ0) is 18.7. The summed E-state index contributed by atoms with van der Waals surface area (Å²) in [4.78, 5) is 37.1. The molecule has 134 valence electrons. The van der Waals surface area contributed by atoms with Gasteiger partial charge in [-0.1, -0.05) is 12.1 Å². The Morgan fingerprint density at radius 2 is 1.96 bits per heavy atom. The van der Waals surface area contributed by atoms with Gasteiger partial charge in [-0.25, -0.2) is 0 Å². The van der Waals surface area contributed by atoms with Crippen molar-refractivity contribution in [3.63, 3.8) is 0 Å². The van der Waals surface area contributed by atoms with E-state index in [1.807, 2.05) is 0 Å². The zero-order valence-corrected chi connectivity index (χ0v) is 14.1. The summed E-state index contributed by atoms with van der Waals surface area (Å²) in [6.07, 6.45) is -0.0322. The standard InChI is InChI=1S/C19H18N2O5/c1-26-16-7-3-5-14(10-16)20-18(23)12-4-2-6-15(8-12)21-11-13(19(24)25)9-17(21)22/h2-8,10,13H,9,11H2,1H3,(H,20,23)(H,24,25)/t13-/m0/s1. The summed E-state index contributed by atoms with van der Waals surface area (Å²) in [7, 11) is 1.54. The first-order valence-electron chi connectivity index (χ1n) is 8.06. The Morgan fingerprint density at radius 1 is 1.19 bits per heavy atom. The average molecular weight is 354 g/mol. The highest BCUT2D eigenvalue weighted by atomic mass is 16.5. The summed E-state index contributed by atoms with van der Waals surface area (Å²) in [6.45, 7) is 0.106. The molecule has 0 bridgehead atoms. The summed E-state index contributed by atoms with van der Waals surface area (Å²) < 4.78 is 5.13. The van der Waals surface area contributed by atoms with Crippen LogP contribution in [0.1, 0.15) is 16.8 Å². The Kier molecular flexibility index (Phi) is 4.88. The summed E-state index contributed by atoms with van der Waals surface area (Å²) in [5.74, 6) is -1.69. The monoisotopic (exact) mass is 354 g/mol. The van der Waals surface area contributed by atoms with Crippen LogP contribution in [-0.2, 0) is 9.59 Å². The number of methoxy groups -OCH3 is 1. The Labute approximate surface area is 150 Å². The highest BCUT2D eigenvalue weighted by Gasteiger charge is 2.35. The van der Waals surface area contributed by atoms with Gasteiger partial charge in [0.1, 0.15) is 5.75 Å². The SMILES string of the molecule is COc1cccc(NC(=O)c2cccc(N3C[C@@H](C(=O)O)CC3=O)c2)c1. The first-order chi connectivity index (χ1) is 12.5. The summed E-state index contributed by atoms with van der Waals surface area (Å²) in [6, 6.07) is 13.5. The fourth-order valence-electron chi connectivity index (χ4n) is 2.84. The third-order valence-electron chi connectivity index (χ3n) is 4.22. The van der Waals surface area contributed by atoms with Gasteiger partial charge in [0.15, 0.2) is 0 Å². The van der Waals surface area contributed by atoms with Gasteiger partial charge in [-0.15, -0.1) is 0 Å². The minimum Gasteiger partial charge on any atom is -0.497 e. The Bertz CT molecular complexity index is 865. The molecule has 2 aromatic rings. The van der Waals surface area contributed by atoms with E-state index < -0.39 is 11.9 Å². The van der Waals surface area contributed by atoms with Crippen LogP contribution in [0.4, 0.5) is 11.4 Å². The van der Waals surface area contributed by atoms with Crippen LogP contribution in [0.2, 0.25) is 0 Å². The number of ether oxygens (including phenoxy) is 1. The maximum atomic E-state index is 12.5. The Hall–Kier alpha value is -3.35. The molecule has 1 saturated heterocycles. The van der Waals surface area contributed by atoms with Gasteiger partial charge in [-0.2, -0.15) is 0 Å². The minimum atomic E-state index is -0.993. The fraction of sp³-hybridized carbons (Fsp3) is 0.211. The molecule has 7 nitrogen and oxygen atoms in total. The first-order valence-corrected chi connectivity index (χ1v) is 8.06. The number of amides is 2. The van der Waals surface area contributed by atoms with Crippen molar-refractivity contribution in [1.29, 1.82) is 0 Å². The number of hydrogen-bond acceptors (Lipinski definition) is 4. The second-order valence-corrected chi connectivity index (χ2v) is 5.98. The van der Waals surface area contributed by atoms with Crippen molar-refractivity contribution in [2.45, 2.75) is 6.42 Å². The number of hydrogen-bond donors (Lipinski definition) is 2. The number of carbonyl (C=O) groups is 3. The van der Waals surface area contributed by atoms with E-state index in [1.54, 1.807) is 55.6 Å². The lowest BCUT2D eigenvalue weighted by Crippen LogP contribution is -2.26. The molecule has 7 heteroatoms. The lowest BCUT2D eigenvalue weighted by molar-refractivity contribution is -0.141. The van der Waals surface area contributed by atoms with Crippen molar-refractivity contribution in [2.24, 2.45) is 5.92 Å². The van der Waals surface area contributed by atoms with Crippen LogP contribution in [0.25, 0.3) is 0 Å². The van der Waals surface area contributed by atoms with E-state index in [-0.39, 0.29) is 24.8 Å². The molecule has 2 aromatic carbocycles. The molecular formula is C19H18N2O5. The molecule has 2 N–H and O–H groups in total. The van der Waals surface area contributed by atoms with Crippen LogP contribution in [0, 0.1) is 5.92 Å². The van der Waals surface area contributed by atoms with Crippen molar-refractivity contribution in [1.82, 2.24) is 0 Å². The predicted octanol–water partition coefficient (Wildman–Crippen LogP) is 2.39. The van der Waals surface area contributed by atoms with E-state index in [1.165, 1.54) is 4.90 Å². The molecule has 0 unspecified atom stereocenters. The molecule has 1 aliphatic rings. The maximum Gasteiger partial charge on any atom is 0.308 e. The summed E-state index contributed by atoms with van der Waals surface area (Å²) in [5, 5.41) is 11.9. The lowest BCUT2D eigenvalue weighted by Gasteiger charge is -2.17. The lowest BCUT2D eigenvalue weighted by atomic mass is 10.1. The molecule has 0 radical (unpaired) electrons. The Morgan fingerprint density at radius 3 is 2.65 bits per heavy atom. The number of rotatable bonds is 5. The second-order valence-electron chi connectivity index (χ2n) is 5.98. The van der Waals surface area contributed by atoms with E-state index in [0.717, 1.165) is 0 Å². The van der Waals surface area contributed by atoms with Gasteiger partial charge in [0.25, 0.3) is 5.91 Å². The van der Waals surface area contributed by atoms with Crippen LogP contribution in [0.15, 0.2) is 48.5 Å². The van der Waals surface area contributed by atoms with Crippen molar-refractivity contribution in [3.8, 4) is 5.75 Å². The molecule has 0 saturated carbocycles. The molecule has 1 aliphatic heterocycles. The predicted molar refractivity (Wildman–Crippen MR) is 95.5 cm³/mol. The maximum absolute atomic E-state index is 12.5. The molecule has 3 rings (SSSR count). The van der Waals surface area contributed by atoms with Gasteiger partial charge >= 0.3 is 5.97 Å². The smallest absolute Gasteiger partial charge is 0.308 e. The van der Waals surface area contributed by atoms with Crippen molar-refractivity contribution in [3.05, 3.63) is 54.1 Å². The molecular weight excluding hydrogens is 336 g/mol. The molecule has 2 amide bonds. The number of carboxylic acids is 1. The molecule has 1 atom stereocenters. The quantitative estimate of drug-likeness (QED) is 0.859. The number of nitrogens with zero attached hydrogens (tertiary/aromatic N) is 1. The van der Waals surface area contributed by atoms with E-state index in [9.17, 15) is 14.4 Å². The van der Waals surface area contributed by atoms with E-state index in [4.69, 9.17) is 9.84 Å². The van der Waals surface area contributed by atoms with Gasteiger partial charge in [-0.3, -0.25) is 14.4 Å². The van der Waals surface area contributed by atoms with Gasteiger partial charge in [0.2, 0.25) is 5.91 Å². The topological polar surface area (TPSA) is 95.9 Å². The third kappa shape index (κ3) is 3.66. The van der Waals surface area contributed by atoms with Crippen LogP contribution in [-0.4, -0.2) is 36.5 Å². The number of anilines is 2. The summed E-state index contributed by atoms with van der Waals surface area (Å²) in [5.41, 5.74) is 1.47. The number of aliphatic carboxylic acids is 1. The molecule has 0 spiro atoms. The zero-order valence-electron chi connectivity index (χ0n) is 14.1. The van der Waals surface area contributed by atoms with Crippen LogP contribution in [0.3, 0.4) is 0 Å². The summed E-state index contributed by atoms with van der Waals surface area (Å²) >= 11 is 0. The largest absolute Gasteiger partial charge is 0.497 e. The number of benzene rings is 2. The van der Waals surface area contributed by atoms with Gasteiger partial charge < -0.3 is 20.1 Å². The van der Waals surface area contributed by atoms with Gasteiger partial charge in [0, 0.05) is 36.0 Å². The highest BCUT2D eigenvalue weighted by molar-refractivity contribution is 6.06. The van der Waals surface area contributed by atoms with Crippen LogP contribution >= 0.6 is 0 Å². The molecule has 1 heterocycles. The van der Waals surface area contributed by atoms with Crippen LogP contribution in [0.5, 0.6) is 5.75 Å². The molecule has 0 aliphatic carbocycles. The average Bonchev–Trinajstić information content (AvgIpc) is 3.04. The van der Waals surface area contributed by atoms with Gasteiger partial charge in [0.05, 0.1) is 13.0 Å². The molecule has 0 aromatic heterocycles. The van der Waals surface area contributed by atoms with Crippen LogP contribution < -0.4 is 15.0 Å². The van der Waals surface area contributed by atoms with E-state index in [0.29, 0.717) is 22.7 Å². The normalized spacial score (nSPS) is 16.4. The molecule has 26 heavy (non-hydrogen) atoms. The minimum absolute atomic E-state index is 0.0322. The second kappa shape index (κ2) is 7.26. The van der Waals surface area contributed by atoms with Gasteiger partial charge in [-0.05, 0) is 30.3 Å². The Balaban J connectivity index is 1.77. The number of nitrogens with one attached hydrogen (secondary N) is 1. The highest BCUT2D eigenvalue weighted by Crippen LogP contribution is 2.26. The van der Waals surface area contributed by atoms with Crippen molar-refractivity contribution in [2.75, 3.05) is 23.9 Å². The fourth-order valence-corrected chi connectivity index (χ4v) is 2.84. The van der Waals surface area contributed by atoms with E-state index in [2.05, 4.69) is 5.32 Å². The first kappa shape index (κ1) is 17.5. The third-order valence-corrected chi connectivity index (χ3v) is 4.22. The number of carbonyl (C=O) groups excluding carboxylic acids is 2. The number of carboxylic acid groups (broad SMARTS) is 1. The van der Waals surface area contributed by atoms with Crippen molar-refractivity contribution < 1.29 is 24.2 Å². The van der Waals surface area contributed by atoms with E-state index >= 15 is 0 Å². The molecule has 1 fully saturated rings.